The highest BCUT2D eigenvalue weighted by molar-refractivity contribution is 7.09. The predicted molar refractivity (Wildman–Crippen MR) is 117 cm³/mol. The van der Waals surface area contributed by atoms with Crippen LogP contribution in [0.15, 0.2) is 54.2 Å². The number of carbonyl (C=O) groups excluding carboxylic acids is 1. The number of benzene rings is 1. The Hall–Kier alpha value is -2.83. The molecule has 0 aliphatic rings. The first-order valence-electron chi connectivity index (χ1n) is 9.30. The van der Waals surface area contributed by atoms with Crippen molar-refractivity contribution in [2.45, 2.75) is 19.8 Å². The summed E-state index contributed by atoms with van der Waals surface area (Å²) in [6.45, 7) is 2.43. The van der Waals surface area contributed by atoms with Gasteiger partial charge in [0.2, 0.25) is 0 Å². The molecule has 0 radical (unpaired) electrons. The molecule has 7 heteroatoms. The lowest BCUT2D eigenvalue weighted by molar-refractivity contribution is 0.0952. The highest BCUT2D eigenvalue weighted by Crippen LogP contribution is 2.22. The Labute approximate surface area is 177 Å². The molecule has 0 bridgehead atoms. The minimum atomic E-state index is -0.117. The van der Waals surface area contributed by atoms with Crippen molar-refractivity contribution in [3.8, 4) is 11.3 Å². The Kier molecular flexibility index (Phi) is 5.83. The number of hydrogen-bond donors (Lipinski definition) is 1. The lowest BCUT2D eigenvalue weighted by Crippen LogP contribution is -2.25. The van der Waals surface area contributed by atoms with E-state index in [9.17, 15) is 4.79 Å². The van der Waals surface area contributed by atoms with Crippen LogP contribution in [0.2, 0.25) is 5.02 Å². The molecule has 0 spiro atoms. The number of aryl methyl sites for hydroxylation is 2. The van der Waals surface area contributed by atoms with Crippen molar-refractivity contribution in [2.24, 2.45) is 0 Å². The van der Waals surface area contributed by atoms with E-state index in [-0.39, 0.29) is 5.91 Å². The van der Waals surface area contributed by atoms with Gasteiger partial charge in [0.15, 0.2) is 0 Å². The molecular weight excluding hydrogens is 404 g/mol. The zero-order valence-corrected chi connectivity index (χ0v) is 17.4. The normalized spacial score (nSPS) is 11.0. The Balaban J connectivity index is 1.34. The second-order valence-electron chi connectivity index (χ2n) is 6.68. The van der Waals surface area contributed by atoms with Crippen LogP contribution in [-0.4, -0.2) is 27.4 Å². The standard InChI is InChI=1S/C22H19ClN4OS/c1-14-18(12-16-11-17(23)4-5-19(16)26-14)22(28)25-8-2-3-21-27-20(13-29-21)15-6-9-24-10-7-15/h4-7,9-13H,2-3,8H2,1H3,(H,25,28). The maximum absolute atomic E-state index is 12.6. The van der Waals surface area contributed by atoms with Gasteiger partial charge in [-0.3, -0.25) is 14.8 Å². The molecule has 0 atom stereocenters. The van der Waals surface area contributed by atoms with Crippen molar-refractivity contribution < 1.29 is 4.79 Å². The Morgan fingerprint density at radius 1 is 1.14 bits per heavy atom. The first kappa shape index (κ1) is 19.5. The van der Waals surface area contributed by atoms with E-state index in [0.29, 0.717) is 22.8 Å². The number of thiazole rings is 1. The smallest absolute Gasteiger partial charge is 0.253 e. The Bertz CT molecular complexity index is 1160. The van der Waals surface area contributed by atoms with E-state index in [4.69, 9.17) is 11.6 Å². The van der Waals surface area contributed by atoms with Crippen molar-refractivity contribution in [3.63, 3.8) is 0 Å². The third-order valence-electron chi connectivity index (χ3n) is 4.59. The zero-order chi connectivity index (χ0) is 20.2. The van der Waals surface area contributed by atoms with Crippen molar-refractivity contribution >= 4 is 39.7 Å². The topological polar surface area (TPSA) is 67.8 Å². The average molecular weight is 423 g/mol. The number of halogens is 1. The quantitative estimate of drug-likeness (QED) is 0.440. The van der Waals surface area contributed by atoms with E-state index < -0.39 is 0 Å². The Morgan fingerprint density at radius 3 is 2.79 bits per heavy atom. The second-order valence-corrected chi connectivity index (χ2v) is 8.06. The maximum atomic E-state index is 12.6. The highest BCUT2D eigenvalue weighted by Gasteiger charge is 2.12. The number of pyridine rings is 2. The summed E-state index contributed by atoms with van der Waals surface area (Å²) in [6, 6.07) is 11.2. The summed E-state index contributed by atoms with van der Waals surface area (Å²) in [7, 11) is 0. The molecule has 0 saturated carbocycles. The van der Waals surface area contributed by atoms with Crippen LogP contribution in [0.4, 0.5) is 0 Å². The minimum Gasteiger partial charge on any atom is -0.352 e. The number of nitrogens with one attached hydrogen (secondary N) is 1. The van der Waals surface area contributed by atoms with Gasteiger partial charge in [0.1, 0.15) is 0 Å². The average Bonchev–Trinajstić information content (AvgIpc) is 3.20. The molecule has 146 valence electrons. The number of amides is 1. The van der Waals surface area contributed by atoms with Crippen LogP contribution < -0.4 is 5.32 Å². The first-order valence-corrected chi connectivity index (χ1v) is 10.6. The van der Waals surface area contributed by atoms with Crippen molar-refractivity contribution in [1.29, 1.82) is 0 Å². The molecule has 0 aliphatic carbocycles. The molecule has 1 N–H and O–H groups in total. The van der Waals surface area contributed by atoms with E-state index in [0.717, 1.165) is 40.0 Å². The second kappa shape index (κ2) is 8.68. The van der Waals surface area contributed by atoms with Gasteiger partial charge in [-0.15, -0.1) is 11.3 Å². The summed E-state index contributed by atoms with van der Waals surface area (Å²) in [5, 5.41) is 7.59. The molecule has 1 amide bonds. The van der Waals surface area contributed by atoms with Crippen LogP contribution in [0.3, 0.4) is 0 Å². The van der Waals surface area contributed by atoms with Crippen LogP contribution in [0.5, 0.6) is 0 Å². The summed E-state index contributed by atoms with van der Waals surface area (Å²) < 4.78 is 0. The van der Waals surface area contributed by atoms with Crippen LogP contribution in [0, 0.1) is 6.92 Å². The molecule has 4 rings (SSSR count). The first-order chi connectivity index (χ1) is 14.1. The number of hydrogen-bond acceptors (Lipinski definition) is 5. The highest BCUT2D eigenvalue weighted by atomic mass is 35.5. The van der Waals surface area contributed by atoms with Gasteiger partial charge in [-0.05, 0) is 49.7 Å². The van der Waals surface area contributed by atoms with Gasteiger partial charge in [0.05, 0.1) is 27.5 Å². The largest absolute Gasteiger partial charge is 0.352 e. The van der Waals surface area contributed by atoms with Crippen LogP contribution in [0.1, 0.15) is 27.5 Å². The van der Waals surface area contributed by atoms with E-state index in [2.05, 4.69) is 25.6 Å². The molecule has 5 nitrogen and oxygen atoms in total. The predicted octanol–water partition coefficient (Wildman–Crippen LogP) is 5.08. The molecule has 0 saturated heterocycles. The molecule has 1 aromatic carbocycles. The van der Waals surface area contributed by atoms with E-state index in [1.807, 2.05) is 37.3 Å². The van der Waals surface area contributed by atoms with Gasteiger partial charge in [0, 0.05) is 46.7 Å². The van der Waals surface area contributed by atoms with Gasteiger partial charge >= 0.3 is 0 Å². The van der Waals surface area contributed by atoms with Gasteiger partial charge < -0.3 is 5.32 Å². The number of rotatable bonds is 6. The molecular formula is C22H19ClN4OS. The molecule has 3 aromatic heterocycles. The summed E-state index contributed by atoms with van der Waals surface area (Å²) in [6.07, 6.45) is 5.17. The van der Waals surface area contributed by atoms with E-state index in [1.54, 1.807) is 29.8 Å². The van der Waals surface area contributed by atoms with Crippen molar-refractivity contribution in [2.75, 3.05) is 6.54 Å². The number of fused-ring (bicyclic) bond motifs is 1. The third-order valence-corrected chi connectivity index (χ3v) is 5.74. The fourth-order valence-electron chi connectivity index (χ4n) is 3.09. The van der Waals surface area contributed by atoms with Gasteiger partial charge in [-0.25, -0.2) is 4.98 Å². The van der Waals surface area contributed by atoms with Crippen LogP contribution >= 0.6 is 22.9 Å². The fraction of sp³-hybridized carbons (Fsp3) is 0.182. The molecule has 0 unspecified atom stereocenters. The van der Waals surface area contributed by atoms with Gasteiger partial charge in [-0.2, -0.15) is 0 Å². The lowest BCUT2D eigenvalue weighted by atomic mass is 10.1. The molecule has 29 heavy (non-hydrogen) atoms. The van der Waals surface area contributed by atoms with Gasteiger partial charge in [0.25, 0.3) is 5.91 Å². The SMILES string of the molecule is Cc1nc2ccc(Cl)cc2cc1C(=O)NCCCc1nc(-c2ccncc2)cs1. The monoisotopic (exact) mass is 422 g/mol. The van der Waals surface area contributed by atoms with Crippen molar-refractivity contribution in [3.05, 3.63) is 75.5 Å². The summed E-state index contributed by atoms with van der Waals surface area (Å²) in [5.41, 5.74) is 4.15. The van der Waals surface area contributed by atoms with E-state index >= 15 is 0 Å². The van der Waals surface area contributed by atoms with E-state index in [1.165, 1.54) is 0 Å². The number of carbonyl (C=O) groups is 1. The van der Waals surface area contributed by atoms with Crippen molar-refractivity contribution in [1.82, 2.24) is 20.3 Å². The zero-order valence-electron chi connectivity index (χ0n) is 15.9. The number of aromatic nitrogens is 3. The number of nitrogens with zero attached hydrogens (tertiary/aromatic N) is 3. The molecule has 0 fully saturated rings. The molecule has 0 aliphatic heterocycles. The third kappa shape index (κ3) is 4.60. The summed E-state index contributed by atoms with van der Waals surface area (Å²) >= 11 is 7.69. The molecule has 3 heterocycles. The summed E-state index contributed by atoms with van der Waals surface area (Å²) in [4.78, 5) is 25.8. The van der Waals surface area contributed by atoms with Gasteiger partial charge in [-0.1, -0.05) is 11.6 Å². The maximum Gasteiger partial charge on any atom is 0.253 e. The summed E-state index contributed by atoms with van der Waals surface area (Å²) in [5.74, 6) is -0.117. The minimum absolute atomic E-state index is 0.117. The molecule has 4 aromatic rings. The van der Waals surface area contributed by atoms with Crippen LogP contribution in [-0.2, 0) is 6.42 Å². The lowest BCUT2D eigenvalue weighted by Gasteiger charge is -2.09. The fourth-order valence-corrected chi connectivity index (χ4v) is 4.12. The Morgan fingerprint density at radius 2 is 1.97 bits per heavy atom. The van der Waals surface area contributed by atoms with Crippen LogP contribution in [0.25, 0.3) is 22.2 Å².